The van der Waals surface area contributed by atoms with Crippen molar-refractivity contribution in [3.05, 3.63) is 34.9 Å². The van der Waals surface area contributed by atoms with Gasteiger partial charge in [-0.15, -0.1) is 5.10 Å². The molecule has 1 aromatic heterocycles. The van der Waals surface area contributed by atoms with Gasteiger partial charge in [0.15, 0.2) is 5.78 Å². The number of ketones is 1. The van der Waals surface area contributed by atoms with Crippen LogP contribution in [0.2, 0.25) is 0 Å². The van der Waals surface area contributed by atoms with E-state index in [0.717, 1.165) is 0 Å². The van der Waals surface area contributed by atoms with Crippen LogP contribution >= 0.6 is 11.8 Å². The van der Waals surface area contributed by atoms with Crippen LogP contribution in [-0.4, -0.2) is 39.4 Å². The third kappa shape index (κ3) is 2.72. The highest BCUT2D eigenvalue weighted by atomic mass is 32.2. The average molecular weight is 307 g/mol. The number of nitrogens with zero attached hydrogens (tertiary/aromatic N) is 2. The highest BCUT2D eigenvalue weighted by Crippen LogP contribution is 2.17. The number of H-pyrrole nitrogens is 1. The standard InChI is InChI=1S/C12H11BFN3O3S/c1-21-12-15-11(16-17-12)4-10(18)7-3-8-6(2-9(7)14)5-20-13(8)19/h2-3,19H,4-5H2,1H3,(H,15,16,17). The highest BCUT2D eigenvalue weighted by molar-refractivity contribution is 7.98. The molecule has 108 valence electrons. The molecule has 0 aliphatic carbocycles. The van der Waals surface area contributed by atoms with Crippen LogP contribution in [0.5, 0.6) is 0 Å². The number of carbonyl (C=O) groups excluding carboxylic acids is 1. The van der Waals surface area contributed by atoms with Crippen molar-refractivity contribution in [3.63, 3.8) is 0 Å². The summed E-state index contributed by atoms with van der Waals surface area (Å²) in [5.41, 5.74) is 0.906. The van der Waals surface area contributed by atoms with E-state index in [-0.39, 0.29) is 18.6 Å². The van der Waals surface area contributed by atoms with E-state index in [2.05, 4.69) is 15.2 Å². The lowest BCUT2D eigenvalue weighted by molar-refractivity contribution is 0.0987. The summed E-state index contributed by atoms with van der Waals surface area (Å²) in [6.07, 6.45) is 1.73. The Morgan fingerprint density at radius 3 is 3.14 bits per heavy atom. The normalized spacial score (nSPS) is 13.6. The van der Waals surface area contributed by atoms with Gasteiger partial charge in [0.25, 0.3) is 0 Å². The molecule has 3 rings (SSSR count). The molecule has 0 saturated heterocycles. The first-order chi connectivity index (χ1) is 10.1. The molecule has 2 heterocycles. The maximum absolute atomic E-state index is 14.0. The molecule has 6 nitrogen and oxygen atoms in total. The number of halogens is 1. The van der Waals surface area contributed by atoms with Crippen LogP contribution in [0.25, 0.3) is 0 Å². The molecule has 0 amide bonds. The molecule has 0 bridgehead atoms. The lowest BCUT2D eigenvalue weighted by Crippen LogP contribution is -2.29. The minimum Gasteiger partial charge on any atom is -0.423 e. The van der Waals surface area contributed by atoms with Crippen molar-refractivity contribution in [1.82, 2.24) is 15.2 Å². The van der Waals surface area contributed by atoms with E-state index in [0.29, 0.717) is 22.0 Å². The number of Topliss-reactive ketones (excluding diaryl/α,β-unsaturated/α-hetero) is 1. The quantitative estimate of drug-likeness (QED) is 0.480. The molecule has 1 aromatic carbocycles. The molecule has 0 spiro atoms. The van der Waals surface area contributed by atoms with Crippen molar-refractivity contribution in [3.8, 4) is 0 Å². The van der Waals surface area contributed by atoms with Crippen molar-refractivity contribution in [2.24, 2.45) is 0 Å². The SMILES string of the molecule is CSc1n[nH]c(CC(=O)c2cc3c(cc2F)COB3O)n1. The van der Waals surface area contributed by atoms with E-state index in [1.165, 1.54) is 23.9 Å². The fourth-order valence-corrected chi connectivity index (χ4v) is 2.49. The number of thioether (sulfide) groups is 1. The highest BCUT2D eigenvalue weighted by Gasteiger charge is 2.30. The Morgan fingerprint density at radius 1 is 1.62 bits per heavy atom. The third-order valence-corrected chi connectivity index (χ3v) is 3.76. The summed E-state index contributed by atoms with van der Waals surface area (Å²) in [6, 6.07) is 2.57. The van der Waals surface area contributed by atoms with Gasteiger partial charge in [-0.1, -0.05) is 11.8 Å². The van der Waals surface area contributed by atoms with Gasteiger partial charge in [-0.2, -0.15) is 0 Å². The van der Waals surface area contributed by atoms with E-state index in [9.17, 15) is 14.2 Å². The Labute approximate surface area is 124 Å². The van der Waals surface area contributed by atoms with Crippen molar-refractivity contribution in [2.45, 2.75) is 18.2 Å². The van der Waals surface area contributed by atoms with Crippen LogP contribution in [0.4, 0.5) is 4.39 Å². The topological polar surface area (TPSA) is 88.1 Å². The lowest BCUT2D eigenvalue weighted by Gasteiger charge is -2.05. The van der Waals surface area contributed by atoms with Gasteiger partial charge >= 0.3 is 7.12 Å². The van der Waals surface area contributed by atoms with Crippen LogP contribution in [0.15, 0.2) is 17.3 Å². The first-order valence-corrected chi connectivity index (χ1v) is 7.41. The summed E-state index contributed by atoms with van der Waals surface area (Å²) in [5, 5.41) is 16.7. The lowest BCUT2D eigenvalue weighted by atomic mass is 9.78. The van der Waals surface area contributed by atoms with Crippen LogP contribution < -0.4 is 5.46 Å². The van der Waals surface area contributed by atoms with Gasteiger partial charge in [-0.3, -0.25) is 9.89 Å². The second-order valence-electron chi connectivity index (χ2n) is 4.56. The molecule has 0 atom stereocenters. The Bertz CT molecular complexity index is 709. The molecule has 0 fully saturated rings. The van der Waals surface area contributed by atoms with Crippen molar-refractivity contribution >= 4 is 30.1 Å². The van der Waals surface area contributed by atoms with Crippen LogP contribution in [-0.2, 0) is 17.7 Å². The molecule has 1 aliphatic heterocycles. The molecular formula is C12H11BFN3O3S. The Hall–Kier alpha value is -1.71. The zero-order valence-electron chi connectivity index (χ0n) is 11.1. The van der Waals surface area contributed by atoms with E-state index >= 15 is 0 Å². The zero-order valence-corrected chi connectivity index (χ0v) is 11.9. The van der Waals surface area contributed by atoms with Crippen molar-refractivity contribution in [2.75, 3.05) is 6.26 Å². The average Bonchev–Trinajstić information content (AvgIpc) is 3.05. The largest absolute Gasteiger partial charge is 0.491 e. The molecule has 2 aromatic rings. The fourth-order valence-electron chi connectivity index (χ4n) is 2.15. The number of rotatable bonds is 4. The van der Waals surface area contributed by atoms with E-state index in [1.807, 2.05) is 6.26 Å². The maximum atomic E-state index is 14.0. The van der Waals surface area contributed by atoms with Crippen LogP contribution in [0, 0.1) is 5.82 Å². The first kappa shape index (κ1) is 14.2. The summed E-state index contributed by atoms with van der Waals surface area (Å²) < 4.78 is 19.0. The van der Waals surface area contributed by atoms with Gasteiger partial charge < -0.3 is 9.68 Å². The summed E-state index contributed by atoms with van der Waals surface area (Å²) in [7, 11) is -1.11. The van der Waals surface area contributed by atoms with Crippen molar-refractivity contribution in [1.29, 1.82) is 0 Å². The number of hydrogen-bond donors (Lipinski definition) is 2. The summed E-state index contributed by atoms with van der Waals surface area (Å²) in [4.78, 5) is 16.3. The number of aromatic amines is 1. The Kier molecular flexibility index (Phi) is 3.79. The smallest absolute Gasteiger partial charge is 0.423 e. The molecule has 9 heteroatoms. The third-order valence-electron chi connectivity index (χ3n) is 3.21. The Morgan fingerprint density at radius 2 is 2.43 bits per heavy atom. The molecule has 0 radical (unpaired) electrons. The van der Waals surface area contributed by atoms with E-state index < -0.39 is 18.7 Å². The summed E-state index contributed by atoms with van der Waals surface area (Å²) >= 11 is 1.34. The second kappa shape index (κ2) is 5.59. The van der Waals surface area contributed by atoms with Crippen LogP contribution in [0.1, 0.15) is 21.7 Å². The Balaban J connectivity index is 1.86. The number of fused-ring (bicyclic) bond motifs is 1. The van der Waals surface area contributed by atoms with Gasteiger partial charge in [0.1, 0.15) is 11.6 Å². The predicted molar refractivity (Wildman–Crippen MR) is 75.0 cm³/mol. The second-order valence-corrected chi connectivity index (χ2v) is 5.34. The molecule has 0 saturated carbocycles. The number of aromatic nitrogens is 3. The monoisotopic (exact) mass is 307 g/mol. The molecule has 2 N–H and O–H groups in total. The first-order valence-electron chi connectivity index (χ1n) is 6.19. The predicted octanol–water partition coefficient (Wildman–Crippen LogP) is 0.309. The van der Waals surface area contributed by atoms with Crippen molar-refractivity contribution < 1.29 is 18.9 Å². The van der Waals surface area contributed by atoms with E-state index in [4.69, 9.17) is 4.65 Å². The van der Waals surface area contributed by atoms with Gasteiger partial charge in [-0.25, -0.2) is 9.37 Å². The number of hydrogen-bond acceptors (Lipinski definition) is 6. The molecule has 1 aliphatic rings. The van der Waals surface area contributed by atoms with Crippen LogP contribution in [0.3, 0.4) is 0 Å². The van der Waals surface area contributed by atoms with Gasteiger partial charge in [0, 0.05) is 0 Å². The minimum absolute atomic E-state index is 0.0830. The zero-order chi connectivity index (χ0) is 15.0. The minimum atomic E-state index is -1.11. The number of carbonyl (C=O) groups is 1. The summed E-state index contributed by atoms with van der Waals surface area (Å²) in [6.45, 7) is 0.140. The number of benzene rings is 1. The van der Waals surface area contributed by atoms with E-state index in [1.54, 1.807) is 0 Å². The molecular weight excluding hydrogens is 296 g/mol. The molecule has 21 heavy (non-hydrogen) atoms. The fraction of sp³-hybridized carbons (Fsp3) is 0.250. The van der Waals surface area contributed by atoms with Gasteiger partial charge in [-0.05, 0) is 29.4 Å². The number of nitrogens with one attached hydrogen (secondary N) is 1. The van der Waals surface area contributed by atoms with Gasteiger partial charge in [0.2, 0.25) is 5.16 Å². The summed E-state index contributed by atoms with van der Waals surface area (Å²) in [5.74, 6) is -0.680. The maximum Gasteiger partial charge on any atom is 0.491 e. The molecule has 0 unspecified atom stereocenters. The van der Waals surface area contributed by atoms with Gasteiger partial charge in [0.05, 0.1) is 18.6 Å².